The Morgan fingerprint density at radius 3 is 3.17 bits per heavy atom. The van der Waals surface area contributed by atoms with Gasteiger partial charge in [0.2, 0.25) is 0 Å². The Hall–Kier alpha value is -0.610. The van der Waals surface area contributed by atoms with Crippen molar-refractivity contribution in [3.8, 4) is 0 Å². The maximum atomic E-state index is 5.60. The van der Waals surface area contributed by atoms with Gasteiger partial charge in [-0.1, -0.05) is 0 Å². The van der Waals surface area contributed by atoms with Gasteiger partial charge in [-0.25, -0.2) is 9.97 Å². The molecule has 0 atom stereocenters. The van der Waals surface area contributed by atoms with Crippen molar-refractivity contribution in [2.24, 2.45) is 0 Å². The smallest absolute Gasteiger partial charge is 0.177 e. The third-order valence-electron chi connectivity index (χ3n) is 1.48. The molecule has 0 aliphatic carbocycles. The van der Waals surface area contributed by atoms with Crippen molar-refractivity contribution < 1.29 is 0 Å². The SMILES string of the molecule is ClCc1nc2ncc(Br)cc2[nH]1. The summed E-state index contributed by atoms with van der Waals surface area (Å²) in [5.41, 5.74) is 1.61. The molecule has 0 aliphatic rings. The van der Waals surface area contributed by atoms with E-state index < -0.39 is 0 Å². The van der Waals surface area contributed by atoms with E-state index >= 15 is 0 Å². The molecule has 0 saturated heterocycles. The number of hydrogen-bond acceptors (Lipinski definition) is 2. The highest BCUT2D eigenvalue weighted by molar-refractivity contribution is 9.10. The highest BCUT2D eigenvalue weighted by atomic mass is 79.9. The van der Waals surface area contributed by atoms with Crippen molar-refractivity contribution in [2.45, 2.75) is 5.88 Å². The molecule has 2 rings (SSSR count). The maximum absolute atomic E-state index is 5.60. The van der Waals surface area contributed by atoms with Crippen molar-refractivity contribution in [1.29, 1.82) is 0 Å². The number of fused-ring (bicyclic) bond motifs is 1. The van der Waals surface area contributed by atoms with Crippen molar-refractivity contribution in [3.05, 3.63) is 22.6 Å². The molecule has 0 saturated carbocycles. The number of imidazole rings is 1. The van der Waals surface area contributed by atoms with E-state index in [4.69, 9.17) is 11.6 Å². The summed E-state index contributed by atoms with van der Waals surface area (Å²) in [5.74, 6) is 1.13. The third-order valence-corrected chi connectivity index (χ3v) is 2.17. The number of aromatic amines is 1. The van der Waals surface area contributed by atoms with E-state index in [9.17, 15) is 0 Å². The molecule has 3 nitrogen and oxygen atoms in total. The Morgan fingerprint density at radius 2 is 2.42 bits per heavy atom. The van der Waals surface area contributed by atoms with E-state index in [-0.39, 0.29) is 0 Å². The first-order valence-electron chi connectivity index (χ1n) is 3.35. The minimum atomic E-state index is 0.383. The van der Waals surface area contributed by atoms with E-state index in [2.05, 4.69) is 30.9 Å². The fraction of sp³-hybridized carbons (Fsp3) is 0.143. The number of halogens is 2. The molecule has 2 heterocycles. The minimum Gasteiger partial charge on any atom is -0.340 e. The third kappa shape index (κ3) is 1.32. The van der Waals surface area contributed by atoms with Gasteiger partial charge in [0.05, 0.1) is 11.4 Å². The first kappa shape index (κ1) is 8.01. The predicted octanol–water partition coefficient (Wildman–Crippen LogP) is 2.46. The van der Waals surface area contributed by atoms with Gasteiger partial charge in [0, 0.05) is 10.7 Å². The Morgan fingerprint density at radius 1 is 1.58 bits per heavy atom. The largest absolute Gasteiger partial charge is 0.340 e. The van der Waals surface area contributed by atoms with Crippen LogP contribution in [0.1, 0.15) is 5.82 Å². The van der Waals surface area contributed by atoms with Gasteiger partial charge in [-0.3, -0.25) is 0 Å². The number of H-pyrrole nitrogens is 1. The fourth-order valence-electron chi connectivity index (χ4n) is 0.988. The van der Waals surface area contributed by atoms with Gasteiger partial charge in [-0.15, -0.1) is 11.6 Å². The normalized spacial score (nSPS) is 10.8. The highest BCUT2D eigenvalue weighted by Crippen LogP contribution is 2.15. The van der Waals surface area contributed by atoms with Gasteiger partial charge in [0.25, 0.3) is 0 Å². The Labute approximate surface area is 82.3 Å². The van der Waals surface area contributed by atoms with Crippen LogP contribution < -0.4 is 0 Å². The molecule has 0 radical (unpaired) electrons. The molecule has 0 aliphatic heterocycles. The molecule has 2 aromatic rings. The lowest BCUT2D eigenvalue weighted by Gasteiger charge is -1.86. The van der Waals surface area contributed by atoms with Crippen LogP contribution in [0.15, 0.2) is 16.7 Å². The van der Waals surface area contributed by atoms with Crippen molar-refractivity contribution in [2.75, 3.05) is 0 Å². The summed E-state index contributed by atoms with van der Waals surface area (Å²) in [4.78, 5) is 11.3. The molecule has 0 fully saturated rings. The molecule has 5 heteroatoms. The van der Waals surface area contributed by atoms with Gasteiger partial charge < -0.3 is 4.98 Å². The predicted molar refractivity (Wildman–Crippen MR) is 51.1 cm³/mol. The number of hydrogen-bond donors (Lipinski definition) is 1. The molecule has 1 N–H and O–H groups in total. The lowest BCUT2D eigenvalue weighted by Crippen LogP contribution is -1.77. The van der Waals surface area contributed by atoms with Crippen molar-refractivity contribution >= 4 is 38.7 Å². The lowest BCUT2D eigenvalue weighted by molar-refractivity contribution is 1.13. The first-order chi connectivity index (χ1) is 5.79. The quantitative estimate of drug-likeness (QED) is 0.785. The number of rotatable bonds is 1. The molecule has 0 amide bonds. The van der Waals surface area contributed by atoms with Crippen LogP contribution in [-0.4, -0.2) is 15.0 Å². The second-order valence-corrected chi connectivity index (χ2v) is 3.52. The fourth-order valence-corrected chi connectivity index (χ4v) is 1.45. The summed E-state index contributed by atoms with van der Waals surface area (Å²) in [5, 5.41) is 0. The minimum absolute atomic E-state index is 0.383. The van der Waals surface area contributed by atoms with Gasteiger partial charge >= 0.3 is 0 Å². The molecule has 0 unspecified atom stereocenters. The van der Waals surface area contributed by atoms with Crippen LogP contribution in [0.4, 0.5) is 0 Å². The van der Waals surface area contributed by atoms with Gasteiger partial charge in [-0.05, 0) is 22.0 Å². The highest BCUT2D eigenvalue weighted by Gasteiger charge is 2.02. The topological polar surface area (TPSA) is 41.6 Å². The zero-order valence-electron chi connectivity index (χ0n) is 6.01. The van der Waals surface area contributed by atoms with Gasteiger partial charge in [0.1, 0.15) is 5.82 Å². The zero-order chi connectivity index (χ0) is 8.55. The van der Waals surface area contributed by atoms with Crippen LogP contribution in [0, 0.1) is 0 Å². The average molecular weight is 246 g/mol. The summed E-state index contributed by atoms with van der Waals surface area (Å²) in [6, 6.07) is 1.92. The van der Waals surface area contributed by atoms with Crippen LogP contribution >= 0.6 is 27.5 Å². The molecule has 0 bridgehead atoms. The van der Waals surface area contributed by atoms with Crippen LogP contribution in [0.25, 0.3) is 11.2 Å². The first-order valence-corrected chi connectivity index (χ1v) is 4.68. The van der Waals surface area contributed by atoms with E-state index in [1.54, 1.807) is 6.20 Å². The number of alkyl halides is 1. The van der Waals surface area contributed by atoms with E-state index in [1.807, 2.05) is 6.07 Å². The summed E-state index contributed by atoms with van der Waals surface area (Å²) >= 11 is 8.93. The second-order valence-electron chi connectivity index (χ2n) is 2.34. The lowest BCUT2D eigenvalue weighted by atomic mass is 10.4. The van der Waals surface area contributed by atoms with Crippen LogP contribution in [0.5, 0.6) is 0 Å². The molecule has 0 aromatic carbocycles. The summed E-state index contributed by atoms with van der Waals surface area (Å²) < 4.78 is 0.930. The van der Waals surface area contributed by atoms with Gasteiger partial charge in [-0.2, -0.15) is 0 Å². The second kappa shape index (κ2) is 3.03. The van der Waals surface area contributed by atoms with E-state index in [0.29, 0.717) is 11.5 Å². The molecule has 0 spiro atoms. The number of aromatic nitrogens is 3. The number of pyridine rings is 1. The van der Waals surface area contributed by atoms with Crippen LogP contribution in [0.2, 0.25) is 0 Å². The monoisotopic (exact) mass is 245 g/mol. The van der Waals surface area contributed by atoms with Crippen LogP contribution in [0.3, 0.4) is 0 Å². The Balaban J connectivity index is 2.67. The van der Waals surface area contributed by atoms with E-state index in [0.717, 1.165) is 15.8 Å². The van der Waals surface area contributed by atoms with Gasteiger partial charge in [0.15, 0.2) is 5.65 Å². The van der Waals surface area contributed by atoms with E-state index in [1.165, 1.54) is 0 Å². The number of nitrogens with zero attached hydrogens (tertiary/aromatic N) is 2. The zero-order valence-corrected chi connectivity index (χ0v) is 8.35. The molecular formula is C7H5BrClN3. The van der Waals surface area contributed by atoms with Crippen LogP contribution in [-0.2, 0) is 5.88 Å². The molecule has 12 heavy (non-hydrogen) atoms. The molecular weight excluding hydrogens is 241 g/mol. The standard InChI is InChI=1S/C7H5BrClN3/c8-4-1-5-7(10-3-4)12-6(2-9)11-5/h1,3H,2H2,(H,10,11,12). The van der Waals surface area contributed by atoms with Crippen molar-refractivity contribution in [3.63, 3.8) is 0 Å². The molecule has 62 valence electrons. The van der Waals surface area contributed by atoms with Crippen molar-refractivity contribution in [1.82, 2.24) is 15.0 Å². The average Bonchev–Trinajstić information content (AvgIpc) is 2.46. The Bertz CT molecular complexity index is 412. The maximum Gasteiger partial charge on any atom is 0.177 e. The summed E-state index contributed by atoms with van der Waals surface area (Å²) in [7, 11) is 0. The Kier molecular flexibility index (Phi) is 2.02. The summed E-state index contributed by atoms with van der Waals surface area (Å²) in [6.45, 7) is 0. The molecule has 2 aromatic heterocycles. The summed E-state index contributed by atoms with van der Waals surface area (Å²) in [6.07, 6.45) is 1.71. The number of nitrogens with one attached hydrogen (secondary N) is 1.